The van der Waals surface area contributed by atoms with Gasteiger partial charge in [-0.2, -0.15) is 13.2 Å². The van der Waals surface area contributed by atoms with Gasteiger partial charge < -0.3 is 14.2 Å². The molecule has 1 aromatic heterocycles. The second-order valence-electron chi connectivity index (χ2n) is 7.78. The Morgan fingerprint density at radius 3 is 2.54 bits per heavy atom. The summed E-state index contributed by atoms with van der Waals surface area (Å²) in [6, 6.07) is 0.877. The van der Waals surface area contributed by atoms with E-state index in [-0.39, 0.29) is 37.5 Å². The van der Waals surface area contributed by atoms with Gasteiger partial charge in [0.05, 0.1) is 18.8 Å². The molecule has 0 saturated heterocycles. The van der Waals surface area contributed by atoms with Gasteiger partial charge in [-0.25, -0.2) is 18.6 Å². The maximum atomic E-state index is 13.8. The number of nitrogens with zero attached hydrogens (tertiary/aromatic N) is 3. The topological polar surface area (TPSA) is 76.5 Å². The number of carbonyl (C=O) groups excluding carboxylic acids is 2. The van der Waals surface area contributed by atoms with E-state index >= 15 is 0 Å². The van der Waals surface area contributed by atoms with Crippen molar-refractivity contribution in [2.75, 3.05) is 13.7 Å². The highest BCUT2D eigenvalue weighted by molar-refractivity contribution is 14.2. The molecule has 0 aliphatic carbocycles. The predicted octanol–water partition coefficient (Wildman–Crippen LogP) is 4.38. The van der Waals surface area contributed by atoms with Crippen molar-refractivity contribution in [1.82, 2.24) is 18.0 Å². The smallest absolute Gasteiger partial charge is 0.449 e. The number of carbonyl (C=O) groups is 2. The monoisotopic (exact) mass is 726 g/mol. The van der Waals surface area contributed by atoms with E-state index in [9.17, 15) is 31.5 Å². The molecule has 0 fully saturated rings. The van der Waals surface area contributed by atoms with Crippen LogP contribution in [0.2, 0.25) is 0 Å². The summed E-state index contributed by atoms with van der Waals surface area (Å²) in [5, 5.41) is 0. The fourth-order valence-corrected chi connectivity index (χ4v) is 5.86. The minimum atomic E-state index is -4.79. The molecular weight excluding hydrogens is 705 g/mol. The number of nitrogens with one attached hydrogen (secondary N) is 1. The Morgan fingerprint density at radius 1 is 1.31 bits per heavy atom. The Kier molecular flexibility index (Phi) is 8.88. The maximum absolute atomic E-state index is 13.8. The predicted molar refractivity (Wildman–Crippen MR) is 134 cm³/mol. The van der Waals surface area contributed by atoms with Gasteiger partial charge in [-0.1, -0.05) is 25.2 Å². The minimum absolute atomic E-state index is 0.0260. The third-order valence-electron chi connectivity index (χ3n) is 5.66. The maximum Gasteiger partial charge on any atom is 0.449 e. The van der Waals surface area contributed by atoms with Crippen LogP contribution in [0.3, 0.4) is 0 Å². The fourth-order valence-electron chi connectivity index (χ4n) is 4.06. The number of amides is 1. The van der Waals surface area contributed by atoms with Crippen LogP contribution in [0.25, 0.3) is 0 Å². The molecule has 1 aliphatic heterocycles. The first-order valence-electron chi connectivity index (χ1n) is 10.2. The number of rotatable bonds is 7. The highest BCUT2D eigenvalue weighted by Crippen LogP contribution is 2.37. The molecule has 1 aromatic carbocycles. The molecule has 2 heterocycles. The molecule has 1 N–H and O–H groups in total. The van der Waals surface area contributed by atoms with Crippen LogP contribution >= 0.6 is 43.6 Å². The summed E-state index contributed by atoms with van der Waals surface area (Å²) >= 11 is 1.06. The molecule has 14 heteroatoms. The van der Waals surface area contributed by atoms with Gasteiger partial charge in [-0.3, -0.25) is 8.32 Å². The van der Waals surface area contributed by atoms with Crippen LogP contribution in [0.4, 0.5) is 22.0 Å². The Morgan fingerprint density at radius 2 is 1.97 bits per heavy atom. The second kappa shape index (κ2) is 11.1. The molecule has 2 atom stereocenters. The summed E-state index contributed by atoms with van der Waals surface area (Å²) < 4.78 is 80.8. The average molecular weight is 726 g/mol. The van der Waals surface area contributed by atoms with E-state index < -0.39 is 68.1 Å². The van der Waals surface area contributed by atoms with Gasteiger partial charge in [-0.15, -0.1) is 0 Å². The summed E-state index contributed by atoms with van der Waals surface area (Å²) in [4.78, 5) is 30.2. The molecule has 1 aliphatic rings. The second-order valence-corrected chi connectivity index (χ2v) is 10.3. The first-order chi connectivity index (χ1) is 16.4. The van der Waals surface area contributed by atoms with Crippen molar-refractivity contribution in [1.29, 1.82) is 0 Å². The molecule has 2 aromatic rings. The van der Waals surface area contributed by atoms with Gasteiger partial charge in [0.2, 0.25) is 11.7 Å². The van der Waals surface area contributed by atoms with Gasteiger partial charge in [0.1, 0.15) is 0 Å². The van der Waals surface area contributed by atoms with Gasteiger partial charge in [-0.05, 0) is 31.0 Å². The standard InChI is InChI=1S/C21H21F5I2N4O3/c1-10-18-17(19(34)35-3)29-20(21(24,25)26)32(18)5-4-31(10)16(33)8-12(30-27)6-11-7-13(22)14(23)9-15(11)28-2/h7,9-10,12,30H,2,4-6,8H2,1,3H3/t10-,12-/m1/s1. The number of fused-ring (bicyclic) bond motifs is 1. The van der Waals surface area contributed by atoms with Crippen molar-refractivity contribution >= 4 is 60.0 Å². The Labute approximate surface area is 221 Å². The lowest BCUT2D eigenvalue weighted by Gasteiger charge is -2.36. The SMILES string of the molecule is C=Ic1cc(F)c(F)cc1C[C@H](CC(=O)N1CCn2c(C(F)(F)F)nc(C(=O)OC)c2[C@H]1C)NI. The van der Waals surface area contributed by atoms with Crippen molar-refractivity contribution in [3.05, 3.63) is 50.1 Å². The number of methoxy groups -OCH3 is 1. The van der Waals surface area contributed by atoms with E-state index in [0.717, 1.165) is 23.8 Å². The lowest BCUT2D eigenvalue weighted by atomic mass is 10.0. The first-order valence-corrected chi connectivity index (χ1v) is 13.9. The summed E-state index contributed by atoms with van der Waals surface area (Å²) in [6.45, 7) is 1.29. The first kappa shape index (κ1) is 27.9. The van der Waals surface area contributed by atoms with Crippen LogP contribution in [-0.4, -0.2) is 50.5 Å². The van der Waals surface area contributed by atoms with Crippen molar-refractivity contribution in [2.45, 2.75) is 44.6 Å². The molecule has 0 bridgehead atoms. The van der Waals surface area contributed by atoms with Crippen molar-refractivity contribution in [3.8, 4) is 0 Å². The van der Waals surface area contributed by atoms with Crippen LogP contribution in [0.15, 0.2) is 12.1 Å². The number of esters is 1. The molecule has 35 heavy (non-hydrogen) atoms. The van der Waals surface area contributed by atoms with Crippen LogP contribution in [0.1, 0.15) is 47.0 Å². The summed E-state index contributed by atoms with van der Waals surface area (Å²) in [5.74, 6) is -4.58. The quantitative estimate of drug-likeness (QED) is 0.151. The lowest BCUT2D eigenvalue weighted by molar-refractivity contribution is -0.148. The zero-order valence-corrected chi connectivity index (χ0v) is 22.9. The highest BCUT2D eigenvalue weighted by Gasteiger charge is 2.44. The minimum Gasteiger partial charge on any atom is -0.464 e. The lowest BCUT2D eigenvalue weighted by Crippen LogP contribution is -2.44. The zero-order chi connectivity index (χ0) is 26.1. The third-order valence-corrected chi connectivity index (χ3v) is 8.37. The molecular formula is C21H21F5I2N4O3. The van der Waals surface area contributed by atoms with E-state index in [2.05, 4.69) is 17.8 Å². The summed E-state index contributed by atoms with van der Waals surface area (Å²) in [6.07, 6.45) is -4.63. The van der Waals surface area contributed by atoms with Crippen LogP contribution < -0.4 is 3.53 Å². The van der Waals surface area contributed by atoms with Crippen molar-refractivity contribution in [2.24, 2.45) is 0 Å². The van der Waals surface area contributed by atoms with E-state index in [0.29, 0.717) is 9.13 Å². The van der Waals surface area contributed by atoms with Crippen LogP contribution in [-0.2, 0) is 28.7 Å². The summed E-state index contributed by atoms with van der Waals surface area (Å²) in [7, 11) is 1.04. The van der Waals surface area contributed by atoms with Gasteiger partial charge >= 0.3 is 12.1 Å². The van der Waals surface area contributed by atoms with Crippen molar-refractivity contribution in [3.63, 3.8) is 0 Å². The fraction of sp³-hybridized carbons (Fsp3) is 0.429. The van der Waals surface area contributed by atoms with Gasteiger partial charge in [0.25, 0.3) is 0 Å². The molecule has 192 valence electrons. The number of imidazole rings is 1. The normalized spacial score (nSPS) is 16.7. The van der Waals surface area contributed by atoms with Gasteiger partial charge in [0, 0.05) is 52.0 Å². The number of halogens is 7. The average Bonchev–Trinajstić information content (AvgIpc) is 3.21. The number of hydrogen-bond donors (Lipinski definition) is 1. The molecule has 7 nitrogen and oxygen atoms in total. The molecule has 3 rings (SSSR count). The van der Waals surface area contributed by atoms with Crippen LogP contribution in [0.5, 0.6) is 0 Å². The molecule has 0 spiro atoms. The Hall–Kier alpha value is -1.69. The van der Waals surface area contributed by atoms with E-state index in [1.807, 2.05) is 22.9 Å². The third kappa shape index (κ3) is 5.84. The summed E-state index contributed by atoms with van der Waals surface area (Å²) in [5.41, 5.74) is 0.00730. The molecule has 0 radical (unpaired) electrons. The van der Waals surface area contributed by atoms with E-state index in [4.69, 9.17) is 0 Å². The van der Waals surface area contributed by atoms with Gasteiger partial charge in [0.15, 0.2) is 17.3 Å². The Balaban J connectivity index is 1.86. The van der Waals surface area contributed by atoms with Crippen molar-refractivity contribution < 1.29 is 36.3 Å². The largest absolute Gasteiger partial charge is 0.464 e. The molecule has 0 unspecified atom stereocenters. The number of hydrogen-bond acceptors (Lipinski definition) is 5. The number of ether oxygens (including phenoxy) is 1. The van der Waals surface area contributed by atoms with E-state index in [1.165, 1.54) is 11.8 Å². The Bertz CT molecular complexity index is 1150. The van der Waals surface area contributed by atoms with E-state index in [1.54, 1.807) is 0 Å². The highest BCUT2D eigenvalue weighted by atomic mass is 127. The number of benzene rings is 1. The number of alkyl halides is 3. The molecule has 1 amide bonds. The van der Waals surface area contributed by atoms with Crippen LogP contribution in [0, 0.1) is 15.2 Å². The zero-order valence-electron chi connectivity index (χ0n) is 18.6. The number of aromatic nitrogens is 2. The molecule has 0 saturated carbocycles.